The van der Waals surface area contributed by atoms with E-state index >= 15 is 0 Å². The molecule has 1 spiro atoms. The van der Waals surface area contributed by atoms with Crippen molar-refractivity contribution >= 4 is 63.4 Å². The third kappa shape index (κ3) is 5.88. The summed E-state index contributed by atoms with van der Waals surface area (Å²) in [7, 11) is -1.92. The van der Waals surface area contributed by atoms with Gasteiger partial charge in [-0.2, -0.15) is 0 Å². The molecule has 10 aromatic carbocycles. The summed E-state index contributed by atoms with van der Waals surface area (Å²) in [6.45, 7) is 0. The van der Waals surface area contributed by atoms with Crippen molar-refractivity contribution in [3.8, 4) is 33.8 Å². The molecule has 0 fully saturated rings. The number of para-hydroxylation sites is 3. The Hall–Kier alpha value is -8.18. The topological polar surface area (TPSA) is 25.6 Å². The van der Waals surface area contributed by atoms with Gasteiger partial charge in [-0.15, -0.1) is 0 Å². The van der Waals surface area contributed by atoms with E-state index in [0.717, 1.165) is 61.6 Å². The largest absolute Gasteiger partial charge is 0.457 e. The van der Waals surface area contributed by atoms with Gasteiger partial charge in [0.2, 0.25) is 0 Å². The number of furan rings is 1. The van der Waals surface area contributed by atoms with Gasteiger partial charge in [-0.3, -0.25) is 0 Å². The molecule has 2 aliphatic heterocycles. The molecule has 0 bridgehead atoms. The zero-order valence-corrected chi connectivity index (χ0v) is 36.6. The molecule has 0 N–H and O–H groups in total. The van der Waals surface area contributed by atoms with E-state index in [1.807, 2.05) is 0 Å². The zero-order chi connectivity index (χ0) is 42.9. The molecule has 3 heterocycles. The Bertz CT molecular complexity index is 3540. The van der Waals surface area contributed by atoms with Crippen molar-refractivity contribution in [1.29, 1.82) is 0 Å². The molecule has 0 amide bonds. The van der Waals surface area contributed by atoms with Crippen molar-refractivity contribution in [3.05, 3.63) is 265 Å². The van der Waals surface area contributed by atoms with Gasteiger partial charge in [0.15, 0.2) is 0 Å². The van der Waals surface area contributed by atoms with E-state index in [-0.39, 0.29) is 0 Å². The molecule has 0 saturated carbocycles. The van der Waals surface area contributed by atoms with Crippen molar-refractivity contribution < 1.29 is 9.15 Å². The first kappa shape index (κ1) is 37.4. The molecule has 4 heteroatoms. The number of hydrogen-bond donors (Lipinski definition) is 0. The SMILES string of the molecule is c1ccc(-c2ccc(N(c3ccccc3)c3ccc4c(c3)oc3cc(-c5ccc6c(c5)C5(c7ccccc7Oc7ccccc75)c5ccccc5[SiH]6c5ccccc5)ccc34)cc2)cc1. The Balaban J connectivity index is 0.963. The highest BCUT2D eigenvalue weighted by molar-refractivity contribution is 6.96. The number of ether oxygens (including phenoxy) is 1. The van der Waals surface area contributed by atoms with Gasteiger partial charge in [0.05, 0.1) is 5.41 Å². The molecule has 2 aliphatic rings. The van der Waals surface area contributed by atoms with Crippen LogP contribution in [0.15, 0.2) is 247 Å². The fourth-order valence-electron chi connectivity index (χ4n) is 10.8. The van der Waals surface area contributed by atoms with Crippen LogP contribution in [0.1, 0.15) is 22.3 Å². The molecule has 3 nitrogen and oxygen atoms in total. The molecule has 1 atom stereocenters. The first-order chi connectivity index (χ1) is 32.2. The van der Waals surface area contributed by atoms with E-state index in [2.05, 4.69) is 248 Å². The van der Waals surface area contributed by atoms with E-state index in [1.165, 1.54) is 48.9 Å². The highest BCUT2D eigenvalue weighted by Crippen LogP contribution is 2.56. The highest BCUT2D eigenvalue weighted by atomic mass is 28.3. The van der Waals surface area contributed by atoms with Crippen LogP contribution in [0.4, 0.5) is 17.1 Å². The molecule has 13 rings (SSSR count). The van der Waals surface area contributed by atoms with E-state index < -0.39 is 14.2 Å². The lowest BCUT2D eigenvalue weighted by molar-refractivity contribution is 0.435. The molecule has 306 valence electrons. The Labute approximate surface area is 379 Å². The van der Waals surface area contributed by atoms with E-state index in [9.17, 15) is 0 Å². The molecule has 1 aromatic heterocycles. The minimum absolute atomic E-state index is 0.585. The van der Waals surface area contributed by atoms with Gasteiger partial charge in [0.1, 0.15) is 31.5 Å². The predicted octanol–water partition coefficient (Wildman–Crippen LogP) is 13.4. The van der Waals surface area contributed by atoms with Gasteiger partial charge < -0.3 is 14.1 Å². The standard InChI is InChI=1S/C61H41NO2Si/c1-4-16-41(17-5-1)42-28-32-46(33-29-42)62(45-18-6-2-7-19-45)47-34-36-50-49-35-30-44(39-57(49)64-58(50)40-47)43-31-37-60-54(38-43)61(51-22-10-13-25-55(51)63-56-26-14-11-23-52(56)61)53-24-12-15-27-59(53)65(60)48-20-8-3-9-21-48/h1-40,65H. The molecule has 0 aliphatic carbocycles. The summed E-state index contributed by atoms with van der Waals surface area (Å²) in [5.74, 6) is 1.80. The molecule has 1 unspecified atom stereocenters. The third-order valence-electron chi connectivity index (χ3n) is 13.7. The highest BCUT2D eigenvalue weighted by Gasteiger charge is 2.51. The van der Waals surface area contributed by atoms with E-state index in [0.29, 0.717) is 0 Å². The van der Waals surface area contributed by atoms with Crippen molar-refractivity contribution in [1.82, 2.24) is 0 Å². The van der Waals surface area contributed by atoms with Crippen LogP contribution in [-0.4, -0.2) is 8.80 Å². The van der Waals surface area contributed by atoms with Crippen LogP contribution >= 0.6 is 0 Å². The summed E-state index contributed by atoms with van der Waals surface area (Å²) >= 11 is 0. The lowest BCUT2D eigenvalue weighted by Crippen LogP contribution is -2.62. The Morgan fingerprint density at radius 2 is 0.831 bits per heavy atom. The van der Waals surface area contributed by atoms with Crippen LogP contribution in [-0.2, 0) is 5.41 Å². The predicted molar refractivity (Wildman–Crippen MR) is 270 cm³/mol. The van der Waals surface area contributed by atoms with E-state index in [1.54, 1.807) is 0 Å². The Morgan fingerprint density at radius 1 is 0.338 bits per heavy atom. The van der Waals surface area contributed by atoms with Crippen LogP contribution < -0.4 is 25.2 Å². The van der Waals surface area contributed by atoms with Gasteiger partial charge in [-0.05, 0) is 110 Å². The van der Waals surface area contributed by atoms with Crippen molar-refractivity contribution in [3.63, 3.8) is 0 Å². The lowest BCUT2D eigenvalue weighted by Gasteiger charge is -2.47. The summed E-state index contributed by atoms with van der Waals surface area (Å²) in [5, 5.41) is 6.48. The quantitative estimate of drug-likeness (QED) is 0.156. The maximum absolute atomic E-state index is 6.85. The molecular weight excluding hydrogens is 807 g/mol. The summed E-state index contributed by atoms with van der Waals surface area (Å²) in [6.07, 6.45) is 0. The van der Waals surface area contributed by atoms with Crippen molar-refractivity contribution in [2.24, 2.45) is 0 Å². The molecule has 0 saturated heterocycles. The summed E-state index contributed by atoms with van der Waals surface area (Å²) in [6, 6.07) is 88.1. The second kappa shape index (κ2) is 15.0. The molecule has 0 radical (unpaired) electrons. The van der Waals surface area contributed by atoms with Gasteiger partial charge in [0.25, 0.3) is 0 Å². The van der Waals surface area contributed by atoms with Crippen molar-refractivity contribution in [2.75, 3.05) is 4.90 Å². The second-order valence-electron chi connectivity index (χ2n) is 17.2. The Kier molecular flexibility index (Phi) is 8.61. The molecule has 65 heavy (non-hydrogen) atoms. The maximum Gasteiger partial charge on any atom is 0.137 e. The smallest absolute Gasteiger partial charge is 0.137 e. The minimum atomic E-state index is -1.92. The second-order valence-corrected chi connectivity index (χ2v) is 19.9. The number of nitrogens with zero attached hydrogens (tertiary/aromatic N) is 1. The summed E-state index contributed by atoms with van der Waals surface area (Å²) < 4.78 is 13.6. The zero-order valence-electron chi connectivity index (χ0n) is 35.4. The van der Waals surface area contributed by atoms with Crippen LogP contribution in [0.5, 0.6) is 11.5 Å². The average Bonchev–Trinajstić information content (AvgIpc) is 3.75. The fourth-order valence-corrected chi connectivity index (χ4v) is 14.3. The molecular formula is C61H41NO2Si. The number of fused-ring (bicyclic) bond motifs is 11. The fraction of sp³-hybridized carbons (Fsp3) is 0.0164. The number of rotatable bonds is 6. The normalized spacial score (nSPS) is 14.2. The van der Waals surface area contributed by atoms with E-state index in [4.69, 9.17) is 9.15 Å². The molecule has 11 aromatic rings. The monoisotopic (exact) mass is 847 g/mol. The maximum atomic E-state index is 6.85. The Morgan fingerprint density at radius 3 is 1.55 bits per heavy atom. The number of benzene rings is 10. The van der Waals surface area contributed by atoms with Gasteiger partial charge in [-0.25, -0.2) is 0 Å². The first-order valence-electron chi connectivity index (χ1n) is 22.4. The van der Waals surface area contributed by atoms with Crippen LogP contribution in [0, 0.1) is 0 Å². The van der Waals surface area contributed by atoms with Crippen LogP contribution in [0.3, 0.4) is 0 Å². The number of hydrogen-bond acceptors (Lipinski definition) is 3. The third-order valence-corrected chi connectivity index (χ3v) is 17.0. The average molecular weight is 848 g/mol. The number of anilines is 3. The lowest BCUT2D eigenvalue weighted by atomic mass is 9.63. The van der Waals surface area contributed by atoms with Crippen molar-refractivity contribution in [2.45, 2.75) is 5.41 Å². The summed E-state index contributed by atoms with van der Waals surface area (Å²) in [5.41, 5.74) is 14.0. The van der Waals surface area contributed by atoms with Gasteiger partial charge >= 0.3 is 0 Å². The van der Waals surface area contributed by atoms with Gasteiger partial charge in [0, 0.05) is 45.0 Å². The van der Waals surface area contributed by atoms with Gasteiger partial charge in [-0.1, -0.05) is 175 Å². The summed E-state index contributed by atoms with van der Waals surface area (Å²) in [4.78, 5) is 2.30. The minimum Gasteiger partial charge on any atom is -0.457 e. The van der Waals surface area contributed by atoms with Crippen LogP contribution in [0.2, 0.25) is 0 Å². The first-order valence-corrected chi connectivity index (χ1v) is 24.1. The van der Waals surface area contributed by atoms with Crippen LogP contribution in [0.25, 0.3) is 44.2 Å².